The number of carbonyl (C=O) groups excluding carboxylic acids is 2. The molecule has 2 aromatic rings. The molecule has 1 aromatic heterocycles. The third kappa shape index (κ3) is 4.71. The summed E-state index contributed by atoms with van der Waals surface area (Å²) in [6.45, 7) is 4.49. The molecule has 0 bridgehead atoms. The Balaban J connectivity index is 1.68. The van der Waals surface area contributed by atoms with Crippen molar-refractivity contribution < 1.29 is 14.1 Å². The minimum atomic E-state index is -0.378. The summed E-state index contributed by atoms with van der Waals surface area (Å²) in [7, 11) is 1.52. The quantitative estimate of drug-likeness (QED) is 0.826. The Morgan fingerprint density at radius 3 is 2.78 bits per heavy atom. The zero-order valence-corrected chi connectivity index (χ0v) is 15.7. The lowest BCUT2D eigenvalue weighted by atomic mass is 10.1. The fourth-order valence-electron chi connectivity index (χ4n) is 3.29. The predicted octanol–water partition coefficient (Wildman–Crippen LogP) is 1.44. The van der Waals surface area contributed by atoms with Gasteiger partial charge in [0, 0.05) is 39.1 Å². The molecule has 27 heavy (non-hydrogen) atoms. The van der Waals surface area contributed by atoms with Crippen LogP contribution < -0.4 is 5.32 Å². The van der Waals surface area contributed by atoms with Crippen molar-refractivity contribution in [1.82, 2.24) is 25.3 Å². The second kappa shape index (κ2) is 8.77. The molecule has 1 atom stereocenters. The van der Waals surface area contributed by atoms with Crippen LogP contribution in [0.25, 0.3) is 0 Å². The van der Waals surface area contributed by atoms with Gasteiger partial charge in [-0.3, -0.25) is 14.5 Å². The molecule has 1 aliphatic heterocycles. The molecule has 0 aliphatic carbocycles. The molecule has 3 rings (SSSR count). The molecule has 0 unspecified atom stereocenters. The Kier molecular flexibility index (Phi) is 6.18. The van der Waals surface area contributed by atoms with E-state index in [2.05, 4.69) is 27.3 Å². The highest BCUT2D eigenvalue weighted by Crippen LogP contribution is 2.19. The molecular weight excluding hydrogens is 346 g/mol. The molecule has 1 aromatic carbocycles. The van der Waals surface area contributed by atoms with E-state index in [1.54, 1.807) is 0 Å². The van der Waals surface area contributed by atoms with E-state index in [-0.39, 0.29) is 23.7 Å². The van der Waals surface area contributed by atoms with Gasteiger partial charge in [0.2, 0.25) is 11.8 Å². The molecule has 1 saturated heterocycles. The summed E-state index contributed by atoms with van der Waals surface area (Å²) in [6, 6.07) is 10.2. The summed E-state index contributed by atoms with van der Waals surface area (Å²) in [5, 5.41) is 6.17. The zero-order chi connectivity index (χ0) is 19.2. The Morgan fingerprint density at radius 1 is 1.30 bits per heavy atom. The summed E-state index contributed by atoms with van der Waals surface area (Å²) >= 11 is 0. The van der Waals surface area contributed by atoms with E-state index in [0.717, 1.165) is 18.5 Å². The smallest absolute Gasteiger partial charge is 0.292 e. The van der Waals surface area contributed by atoms with E-state index in [1.807, 2.05) is 35.2 Å². The highest BCUT2D eigenvalue weighted by molar-refractivity contribution is 5.89. The first kappa shape index (κ1) is 19.0. The number of nitrogens with one attached hydrogen (secondary N) is 1. The number of rotatable bonds is 6. The molecule has 1 aliphatic rings. The summed E-state index contributed by atoms with van der Waals surface area (Å²) in [5.41, 5.74) is 1.13. The molecule has 0 radical (unpaired) electrons. The van der Waals surface area contributed by atoms with Gasteiger partial charge in [-0.15, -0.1) is 0 Å². The van der Waals surface area contributed by atoms with Crippen LogP contribution in [0.15, 0.2) is 34.9 Å². The van der Waals surface area contributed by atoms with Crippen molar-refractivity contribution >= 4 is 11.8 Å². The van der Waals surface area contributed by atoms with Crippen LogP contribution in [0, 0.1) is 0 Å². The minimum Gasteiger partial charge on any atom is -0.352 e. The molecule has 2 amide bonds. The first-order valence-corrected chi connectivity index (χ1v) is 9.21. The summed E-state index contributed by atoms with van der Waals surface area (Å²) < 4.78 is 5.19. The van der Waals surface area contributed by atoms with E-state index >= 15 is 0 Å². The van der Waals surface area contributed by atoms with Gasteiger partial charge in [0.25, 0.3) is 11.7 Å². The van der Waals surface area contributed by atoms with Crippen molar-refractivity contribution in [2.45, 2.75) is 38.9 Å². The molecule has 0 spiro atoms. The summed E-state index contributed by atoms with van der Waals surface area (Å²) in [4.78, 5) is 32.5. The normalized spacial score (nSPS) is 18.4. The number of amides is 2. The topological polar surface area (TPSA) is 91.6 Å². The van der Waals surface area contributed by atoms with Crippen LogP contribution in [0.1, 0.15) is 41.8 Å². The number of carbonyl (C=O) groups is 2. The fraction of sp³-hybridized carbons (Fsp3) is 0.474. The molecule has 8 nitrogen and oxygen atoms in total. The number of hydrogen-bond donors (Lipinski definition) is 1. The number of benzene rings is 1. The van der Waals surface area contributed by atoms with Gasteiger partial charge in [-0.2, -0.15) is 4.98 Å². The second-order valence-electron chi connectivity index (χ2n) is 6.65. The van der Waals surface area contributed by atoms with Gasteiger partial charge in [0.15, 0.2) is 0 Å². The molecule has 144 valence electrons. The largest absolute Gasteiger partial charge is 0.352 e. The zero-order valence-electron chi connectivity index (χ0n) is 15.7. The van der Waals surface area contributed by atoms with Gasteiger partial charge >= 0.3 is 0 Å². The van der Waals surface area contributed by atoms with Crippen LogP contribution in [0.5, 0.6) is 0 Å². The standard InChI is InChI=1S/C19H25N5O3/c1-3-15-12-23(13-16-21-18(22-27-16)19(26)20-2)10-9-17(25)24(15)11-14-7-5-4-6-8-14/h4-8,15H,3,9-13H2,1-2H3,(H,20,26)/t15-/m0/s1. The second-order valence-corrected chi connectivity index (χ2v) is 6.65. The van der Waals surface area contributed by atoms with Crippen molar-refractivity contribution in [2.24, 2.45) is 0 Å². The van der Waals surface area contributed by atoms with Gasteiger partial charge in [-0.25, -0.2) is 0 Å². The third-order valence-electron chi connectivity index (χ3n) is 4.80. The van der Waals surface area contributed by atoms with Crippen LogP contribution in [-0.2, 0) is 17.9 Å². The number of hydrogen-bond acceptors (Lipinski definition) is 6. The van der Waals surface area contributed by atoms with E-state index in [1.165, 1.54) is 7.05 Å². The lowest BCUT2D eigenvalue weighted by Gasteiger charge is -2.31. The number of nitrogens with zero attached hydrogens (tertiary/aromatic N) is 4. The van der Waals surface area contributed by atoms with E-state index < -0.39 is 0 Å². The molecule has 2 heterocycles. The maximum atomic E-state index is 12.7. The lowest BCUT2D eigenvalue weighted by molar-refractivity contribution is -0.133. The Bertz CT molecular complexity index is 777. The molecule has 1 N–H and O–H groups in total. The highest BCUT2D eigenvalue weighted by Gasteiger charge is 2.29. The average molecular weight is 371 g/mol. The SMILES string of the molecule is CC[C@H]1CN(Cc2nc(C(=O)NC)no2)CCC(=O)N1Cc1ccccc1. The van der Waals surface area contributed by atoms with Crippen molar-refractivity contribution in [3.63, 3.8) is 0 Å². The van der Waals surface area contributed by atoms with Crippen LogP contribution in [0.3, 0.4) is 0 Å². The van der Waals surface area contributed by atoms with Gasteiger partial charge in [-0.05, 0) is 12.0 Å². The molecule has 1 fully saturated rings. The van der Waals surface area contributed by atoms with E-state index in [4.69, 9.17) is 4.52 Å². The fourth-order valence-corrected chi connectivity index (χ4v) is 3.29. The van der Waals surface area contributed by atoms with Crippen molar-refractivity contribution in [1.29, 1.82) is 0 Å². The monoisotopic (exact) mass is 371 g/mol. The lowest BCUT2D eigenvalue weighted by Crippen LogP contribution is -2.42. The summed E-state index contributed by atoms with van der Waals surface area (Å²) in [5.74, 6) is 0.185. The van der Waals surface area contributed by atoms with Gasteiger partial charge in [0.1, 0.15) is 0 Å². The van der Waals surface area contributed by atoms with E-state index in [9.17, 15) is 9.59 Å². The third-order valence-corrected chi connectivity index (χ3v) is 4.80. The van der Waals surface area contributed by atoms with Crippen LogP contribution in [0.2, 0.25) is 0 Å². The molecular formula is C19H25N5O3. The van der Waals surface area contributed by atoms with Crippen LogP contribution in [0.4, 0.5) is 0 Å². The Labute approximate surface area is 158 Å². The minimum absolute atomic E-state index is 0.0242. The van der Waals surface area contributed by atoms with Crippen LogP contribution >= 0.6 is 0 Å². The van der Waals surface area contributed by atoms with Crippen LogP contribution in [-0.4, -0.2) is 57.9 Å². The van der Waals surface area contributed by atoms with Crippen molar-refractivity contribution in [2.75, 3.05) is 20.1 Å². The first-order chi connectivity index (χ1) is 13.1. The van der Waals surface area contributed by atoms with Gasteiger partial charge in [0.05, 0.1) is 6.54 Å². The molecule has 8 heteroatoms. The Morgan fingerprint density at radius 2 is 2.07 bits per heavy atom. The highest BCUT2D eigenvalue weighted by atomic mass is 16.5. The van der Waals surface area contributed by atoms with E-state index in [0.29, 0.717) is 31.9 Å². The Hall–Kier alpha value is -2.74. The first-order valence-electron chi connectivity index (χ1n) is 9.21. The number of aromatic nitrogens is 2. The maximum absolute atomic E-state index is 12.7. The summed E-state index contributed by atoms with van der Waals surface area (Å²) in [6.07, 6.45) is 1.31. The maximum Gasteiger partial charge on any atom is 0.292 e. The van der Waals surface area contributed by atoms with Gasteiger partial charge < -0.3 is 14.7 Å². The molecule has 0 saturated carbocycles. The van der Waals surface area contributed by atoms with Crippen molar-refractivity contribution in [3.05, 3.63) is 47.6 Å². The van der Waals surface area contributed by atoms with Crippen molar-refractivity contribution in [3.8, 4) is 0 Å². The van der Waals surface area contributed by atoms with Gasteiger partial charge in [-0.1, -0.05) is 42.4 Å². The average Bonchev–Trinajstić information content (AvgIpc) is 3.11. The predicted molar refractivity (Wildman–Crippen MR) is 98.7 cm³/mol.